The summed E-state index contributed by atoms with van der Waals surface area (Å²) in [5.74, 6) is 1.24. The third kappa shape index (κ3) is 3.01. The van der Waals surface area contributed by atoms with E-state index in [0.29, 0.717) is 34.3 Å². The van der Waals surface area contributed by atoms with Crippen LogP contribution in [0.3, 0.4) is 0 Å². The van der Waals surface area contributed by atoms with E-state index >= 15 is 0 Å². The first-order valence-electron chi connectivity index (χ1n) is 7.90. The number of fused-ring (bicyclic) bond motifs is 3. The summed E-state index contributed by atoms with van der Waals surface area (Å²) in [5.41, 5.74) is 2.36. The first-order chi connectivity index (χ1) is 12.1. The Morgan fingerprint density at radius 3 is 2.76 bits per heavy atom. The van der Waals surface area contributed by atoms with Crippen molar-refractivity contribution in [3.63, 3.8) is 0 Å². The van der Waals surface area contributed by atoms with E-state index in [9.17, 15) is 4.79 Å². The zero-order chi connectivity index (χ0) is 17.4. The van der Waals surface area contributed by atoms with Gasteiger partial charge in [0.1, 0.15) is 35.9 Å². The number of rotatable bonds is 3. The standard InChI is InChI=1S/C20H15ClO4/c1-12-2-7-17-16(10-12)19-18(20(22)25-17)13(8-9-23-19)11-24-15-5-3-14(21)4-6-15/h2-8,10H,9,11H2,1H3. The molecule has 1 aromatic heterocycles. The summed E-state index contributed by atoms with van der Waals surface area (Å²) < 4.78 is 17.0. The Labute approximate surface area is 149 Å². The van der Waals surface area contributed by atoms with Gasteiger partial charge in [-0.1, -0.05) is 23.2 Å². The Kier molecular flexibility index (Phi) is 3.98. The Morgan fingerprint density at radius 2 is 1.96 bits per heavy atom. The van der Waals surface area contributed by atoms with Gasteiger partial charge < -0.3 is 13.9 Å². The third-order valence-corrected chi connectivity index (χ3v) is 4.35. The second kappa shape index (κ2) is 6.30. The molecule has 2 heterocycles. The van der Waals surface area contributed by atoms with Crippen LogP contribution < -0.4 is 15.1 Å². The van der Waals surface area contributed by atoms with Crippen molar-refractivity contribution in [1.82, 2.24) is 0 Å². The van der Waals surface area contributed by atoms with E-state index in [2.05, 4.69) is 0 Å². The molecule has 0 saturated carbocycles. The molecule has 0 atom stereocenters. The summed E-state index contributed by atoms with van der Waals surface area (Å²) in [6, 6.07) is 12.7. The van der Waals surface area contributed by atoms with Crippen LogP contribution in [0.4, 0.5) is 0 Å². The molecule has 0 unspecified atom stereocenters. The summed E-state index contributed by atoms with van der Waals surface area (Å²) in [5, 5.41) is 1.44. The zero-order valence-corrected chi connectivity index (χ0v) is 14.3. The molecule has 25 heavy (non-hydrogen) atoms. The number of aryl methyl sites for hydroxylation is 1. The second-order valence-electron chi connectivity index (χ2n) is 5.88. The Bertz CT molecular complexity index is 1030. The number of halogens is 1. The van der Waals surface area contributed by atoms with Crippen LogP contribution in [0.5, 0.6) is 11.5 Å². The Hall–Kier alpha value is -2.72. The molecule has 0 fully saturated rings. The summed E-state index contributed by atoms with van der Waals surface area (Å²) >= 11 is 5.88. The van der Waals surface area contributed by atoms with Gasteiger partial charge in [-0.2, -0.15) is 0 Å². The van der Waals surface area contributed by atoms with E-state index in [0.717, 1.165) is 16.5 Å². The predicted molar refractivity (Wildman–Crippen MR) is 97.6 cm³/mol. The highest BCUT2D eigenvalue weighted by Crippen LogP contribution is 2.35. The van der Waals surface area contributed by atoms with Crippen LogP contribution in [0, 0.1) is 6.92 Å². The molecule has 3 aromatic rings. The molecule has 0 amide bonds. The third-order valence-electron chi connectivity index (χ3n) is 4.10. The van der Waals surface area contributed by atoms with Crippen molar-refractivity contribution in [3.05, 3.63) is 75.1 Å². The molecule has 0 spiro atoms. The quantitative estimate of drug-likeness (QED) is 0.644. The first kappa shape index (κ1) is 15.8. The molecule has 4 nitrogen and oxygen atoms in total. The lowest BCUT2D eigenvalue weighted by atomic mass is 10.0. The topological polar surface area (TPSA) is 48.7 Å². The van der Waals surface area contributed by atoms with Crippen molar-refractivity contribution in [1.29, 1.82) is 0 Å². The largest absolute Gasteiger partial charge is 0.489 e. The van der Waals surface area contributed by atoms with Crippen LogP contribution in [-0.4, -0.2) is 13.2 Å². The van der Waals surface area contributed by atoms with Crippen molar-refractivity contribution < 1.29 is 13.9 Å². The number of hydrogen-bond donors (Lipinski definition) is 0. The zero-order valence-electron chi connectivity index (χ0n) is 13.5. The van der Waals surface area contributed by atoms with Gasteiger partial charge in [-0.05, 0) is 49.4 Å². The SMILES string of the molecule is Cc1ccc2oc(=O)c3c(c2c1)OCC=C3COc1ccc(Cl)cc1. The molecule has 0 N–H and O–H groups in total. The summed E-state index contributed by atoms with van der Waals surface area (Å²) in [6.45, 7) is 2.62. The van der Waals surface area contributed by atoms with E-state index in [1.807, 2.05) is 25.1 Å². The molecule has 0 saturated heterocycles. The minimum atomic E-state index is -0.419. The highest BCUT2D eigenvalue weighted by molar-refractivity contribution is 6.30. The van der Waals surface area contributed by atoms with Crippen LogP contribution in [0.25, 0.3) is 16.5 Å². The normalized spacial score (nSPS) is 13.1. The second-order valence-corrected chi connectivity index (χ2v) is 6.31. The van der Waals surface area contributed by atoms with Gasteiger partial charge >= 0.3 is 5.63 Å². The van der Waals surface area contributed by atoms with Crippen LogP contribution >= 0.6 is 11.6 Å². The lowest BCUT2D eigenvalue weighted by molar-refractivity contribution is 0.341. The van der Waals surface area contributed by atoms with Gasteiger partial charge in [0.05, 0.1) is 5.39 Å². The lowest BCUT2D eigenvalue weighted by Gasteiger charge is -2.19. The summed E-state index contributed by atoms with van der Waals surface area (Å²) in [4.78, 5) is 12.5. The molecule has 126 valence electrons. The fourth-order valence-electron chi connectivity index (χ4n) is 2.87. The average Bonchev–Trinajstić information content (AvgIpc) is 2.62. The molecule has 2 aromatic carbocycles. The van der Waals surface area contributed by atoms with Crippen LogP contribution in [0.15, 0.2) is 57.8 Å². The Morgan fingerprint density at radius 1 is 1.16 bits per heavy atom. The van der Waals surface area contributed by atoms with E-state index in [1.165, 1.54) is 0 Å². The molecule has 1 aliphatic rings. The van der Waals surface area contributed by atoms with Gasteiger partial charge in [-0.3, -0.25) is 0 Å². The lowest BCUT2D eigenvalue weighted by Crippen LogP contribution is -2.18. The predicted octanol–water partition coefficient (Wildman–Crippen LogP) is 4.61. The minimum Gasteiger partial charge on any atom is -0.489 e. The number of hydrogen-bond acceptors (Lipinski definition) is 4. The fourth-order valence-corrected chi connectivity index (χ4v) is 2.99. The first-order valence-corrected chi connectivity index (χ1v) is 8.27. The molecular formula is C20H15ClO4. The van der Waals surface area contributed by atoms with Gasteiger partial charge in [-0.15, -0.1) is 0 Å². The van der Waals surface area contributed by atoms with Crippen molar-refractivity contribution in [2.24, 2.45) is 0 Å². The molecule has 1 aliphatic heterocycles. The van der Waals surface area contributed by atoms with E-state index in [4.69, 9.17) is 25.5 Å². The van der Waals surface area contributed by atoms with Crippen LogP contribution in [0.1, 0.15) is 11.1 Å². The molecule has 0 bridgehead atoms. The van der Waals surface area contributed by atoms with Crippen molar-refractivity contribution >= 4 is 28.1 Å². The smallest absolute Gasteiger partial charge is 0.347 e. The molecular weight excluding hydrogens is 340 g/mol. The highest BCUT2D eigenvalue weighted by atomic mass is 35.5. The van der Waals surface area contributed by atoms with E-state index < -0.39 is 5.63 Å². The van der Waals surface area contributed by atoms with Gasteiger partial charge in [0.2, 0.25) is 0 Å². The maximum atomic E-state index is 12.5. The Balaban J connectivity index is 1.72. The maximum absolute atomic E-state index is 12.5. The van der Waals surface area contributed by atoms with Crippen molar-refractivity contribution in [3.8, 4) is 11.5 Å². The van der Waals surface area contributed by atoms with Crippen molar-refractivity contribution in [2.45, 2.75) is 6.92 Å². The summed E-state index contributed by atoms with van der Waals surface area (Å²) in [6.07, 6.45) is 1.84. The molecule has 5 heteroatoms. The fraction of sp³-hybridized carbons (Fsp3) is 0.150. The molecule has 0 aliphatic carbocycles. The average molecular weight is 355 g/mol. The van der Waals surface area contributed by atoms with E-state index in [-0.39, 0.29) is 6.61 Å². The van der Waals surface area contributed by atoms with Gasteiger partial charge in [0, 0.05) is 10.6 Å². The summed E-state index contributed by atoms with van der Waals surface area (Å²) in [7, 11) is 0. The van der Waals surface area contributed by atoms with E-state index in [1.54, 1.807) is 30.3 Å². The minimum absolute atomic E-state index is 0.250. The number of benzene rings is 2. The highest BCUT2D eigenvalue weighted by Gasteiger charge is 2.23. The molecule has 4 rings (SSSR count). The molecule has 0 radical (unpaired) electrons. The monoisotopic (exact) mass is 354 g/mol. The van der Waals surface area contributed by atoms with Gasteiger partial charge in [0.15, 0.2) is 0 Å². The number of ether oxygens (including phenoxy) is 2. The van der Waals surface area contributed by atoms with Crippen molar-refractivity contribution in [2.75, 3.05) is 13.2 Å². The van der Waals surface area contributed by atoms with Crippen LogP contribution in [0.2, 0.25) is 5.02 Å². The van der Waals surface area contributed by atoms with Gasteiger partial charge in [0.25, 0.3) is 0 Å². The van der Waals surface area contributed by atoms with Gasteiger partial charge in [-0.25, -0.2) is 4.79 Å². The van der Waals surface area contributed by atoms with Crippen LogP contribution in [-0.2, 0) is 0 Å². The maximum Gasteiger partial charge on any atom is 0.347 e.